The van der Waals surface area contributed by atoms with E-state index in [1.807, 2.05) is 6.07 Å². The fraction of sp³-hybridized carbons (Fsp3) is 0.133. The number of carbonyl (C=O) groups excluding carboxylic acids is 1. The van der Waals surface area contributed by atoms with Crippen LogP contribution in [0.15, 0.2) is 29.3 Å². The minimum absolute atomic E-state index is 0.0188. The molecule has 0 saturated carbocycles. The lowest BCUT2D eigenvalue weighted by Gasteiger charge is -2.05. The molecule has 2 aromatic rings. The Balaban J connectivity index is 2.29. The van der Waals surface area contributed by atoms with Crippen molar-refractivity contribution in [3.63, 3.8) is 0 Å². The van der Waals surface area contributed by atoms with Gasteiger partial charge in [0.05, 0.1) is 0 Å². The third kappa shape index (κ3) is 3.46. The van der Waals surface area contributed by atoms with E-state index in [0.717, 1.165) is 0 Å². The number of benzene rings is 1. The molecule has 0 aliphatic rings. The third-order valence-corrected chi connectivity index (χ3v) is 3.53. The average molecular weight is 299 g/mol. The number of thiazole rings is 1. The molecule has 0 atom stereocenters. The number of amides is 1. The van der Waals surface area contributed by atoms with Gasteiger partial charge in [0, 0.05) is 11.6 Å². The van der Waals surface area contributed by atoms with Gasteiger partial charge in [-0.3, -0.25) is 10.1 Å². The molecule has 21 heavy (non-hydrogen) atoms. The predicted molar refractivity (Wildman–Crippen MR) is 81.9 cm³/mol. The Kier molecular flexibility index (Phi) is 4.36. The summed E-state index contributed by atoms with van der Waals surface area (Å²) in [5, 5.41) is 23.6. The molecule has 0 aliphatic heterocycles. The first-order chi connectivity index (χ1) is 10.0. The molecule has 0 unspecified atom stereocenters. The maximum absolute atomic E-state index is 12.0. The van der Waals surface area contributed by atoms with E-state index in [-0.39, 0.29) is 11.3 Å². The number of aromatic nitrogens is 1. The van der Waals surface area contributed by atoms with Crippen LogP contribution in [0.4, 0.5) is 5.13 Å². The lowest BCUT2D eigenvalue weighted by Crippen LogP contribution is -2.13. The van der Waals surface area contributed by atoms with Crippen LogP contribution in [0.5, 0.6) is 5.75 Å². The topological polar surface area (TPSA) is 86.0 Å². The summed E-state index contributed by atoms with van der Waals surface area (Å²) < 4.78 is 0. The Morgan fingerprint density at radius 2 is 2.10 bits per heavy atom. The third-order valence-electron chi connectivity index (χ3n) is 2.84. The second kappa shape index (κ2) is 6.20. The summed E-state index contributed by atoms with van der Waals surface area (Å²) in [6, 6.07) is 5.32. The first kappa shape index (κ1) is 14.8. The molecule has 0 bridgehead atoms. The molecular weight excluding hydrogens is 286 g/mol. The minimum atomic E-state index is -0.504. The lowest BCUT2D eigenvalue weighted by molar-refractivity contribution is -0.112. The normalized spacial score (nSPS) is 11.0. The monoisotopic (exact) mass is 299 g/mol. The van der Waals surface area contributed by atoms with E-state index < -0.39 is 5.91 Å². The number of rotatable bonds is 3. The van der Waals surface area contributed by atoms with Crippen LogP contribution in [0.3, 0.4) is 0 Å². The molecule has 0 spiro atoms. The molecule has 1 heterocycles. The molecule has 2 N–H and O–H groups in total. The quantitative estimate of drug-likeness (QED) is 0.674. The maximum atomic E-state index is 12.0. The molecular formula is C15H13N3O2S. The van der Waals surface area contributed by atoms with Gasteiger partial charge in [0.25, 0.3) is 5.91 Å². The highest BCUT2D eigenvalue weighted by Gasteiger charge is 2.11. The van der Waals surface area contributed by atoms with E-state index in [4.69, 9.17) is 5.26 Å². The predicted octanol–water partition coefficient (Wildman–Crippen LogP) is 3.01. The highest BCUT2D eigenvalue weighted by Crippen LogP contribution is 2.24. The molecule has 106 valence electrons. The van der Waals surface area contributed by atoms with Crippen molar-refractivity contribution in [3.05, 3.63) is 46.0 Å². The summed E-state index contributed by atoms with van der Waals surface area (Å²) in [6.45, 7) is 3.53. The van der Waals surface area contributed by atoms with Crippen LogP contribution in [-0.4, -0.2) is 16.0 Å². The molecule has 1 amide bonds. The van der Waals surface area contributed by atoms with Gasteiger partial charge in [-0.25, -0.2) is 4.98 Å². The molecule has 0 aliphatic carbocycles. The van der Waals surface area contributed by atoms with Crippen molar-refractivity contribution in [2.24, 2.45) is 0 Å². The Bertz CT molecular complexity index is 720. The number of hydrogen-bond donors (Lipinski definition) is 2. The molecule has 0 saturated heterocycles. The highest BCUT2D eigenvalue weighted by molar-refractivity contribution is 7.13. The molecule has 2 rings (SSSR count). The van der Waals surface area contributed by atoms with Gasteiger partial charge >= 0.3 is 0 Å². The van der Waals surface area contributed by atoms with E-state index >= 15 is 0 Å². The number of phenols is 1. The first-order valence-electron chi connectivity index (χ1n) is 6.14. The minimum Gasteiger partial charge on any atom is -0.507 e. The summed E-state index contributed by atoms with van der Waals surface area (Å²) in [5.41, 5.74) is 2.06. The van der Waals surface area contributed by atoms with Gasteiger partial charge in [-0.05, 0) is 48.7 Å². The van der Waals surface area contributed by atoms with Gasteiger partial charge in [0.15, 0.2) is 5.13 Å². The largest absolute Gasteiger partial charge is 0.507 e. The van der Waals surface area contributed by atoms with E-state index in [2.05, 4.69) is 10.3 Å². The van der Waals surface area contributed by atoms with Crippen molar-refractivity contribution in [2.45, 2.75) is 13.8 Å². The van der Waals surface area contributed by atoms with Crippen molar-refractivity contribution in [3.8, 4) is 11.8 Å². The van der Waals surface area contributed by atoms with Crippen molar-refractivity contribution in [1.29, 1.82) is 5.26 Å². The van der Waals surface area contributed by atoms with Crippen LogP contribution in [-0.2, 0) is 4.79 Å². The van der Waals surface area contributed by atoms with E-state index in [1.165, 1.54) is 17.4 Å². The van der Waals surface area contributed by atoms with Crippen molar-refractivity contribution < 1.29 is 9.90 Å². The summed E-state index contributed by atoms with van der Waals surface area (Å²) in [4.78, 5) is 15.9. The number of nitrogens with one attached hydrogen (secondary N) is 1. The number of aromatic hydroxyl groups is 1. The smallest absolute Gasteiger partial charge is 0.268 e. The zero-order chi connectivity index (χ0) is 15.4. The Morgan fingerprint density at radius 1 is 1.43 bits per heavy atom. The fourth-order valence-electron chi connectivity index (χ4n) is 1.84. The van der Waals surface area contributed by atoms with Gasteiger partial charge in [-0.2, -0.15) is 5.26 Å². The molecule has 0 fully saturated rings. The van der Waals surface area contributed by atoms with Crippen LogP contribution in [0.1, 0.15) is 16.7 Å². The number of anilines is 1. The van der Waals surface area contributed by atoms with Gasteiger partial charge in [0.2, 0.25) is 0 Å². The molecule has 1 aromatic carbocycles. The van der Waals surface area contributed by atoms with Crippen LogP contribution in [0.25, 0.3) is 6.08 Å². The molecule has 1 aromatic heterocycles. The van der Waals surface area contributed by atoms with E-state index in [1.54, 1.807) is 37.6 Å². The maximum Gasteiger partial charge on any atom is 0.268 e. The Hall–Kier alpha value is -2.65. The summed E-state index contributed by atoms with van der Waals surface area (Å²) in [5.74, 6) is -0.284. The van der Waals surface area contributed by atoms with Gasteiger partial charge in [0.1, 0.15) is 17.4 Å². The number of aryl methyl sites for hydroxylation is 2. The Morgan fingerprint density at radius 3 is 2.62 bits per heavy atom. The zero-order valence-corrected chi connectivity index (χ0v) is 12.4. The van der Waals surface area contributed by atoms with Gasteiger partial charge in [-0.15, -0.1) is 11.3 Å². The molecule has 0 radical (unpaired) electrons. The SMILES string of the molecule is Cc1cc(/C=C(\C#N)C(=O)Nc2nccs2)cc(C)c1O. The fourth-order valence-corrected chi connectivity index (χ4v) is 2.36. The number of carbonyl (C=O) groups is 1. The number of phenolic OH excluding ortho intramolecular Hbond substituents is 1. The number of hydrogen-bond acceptors (Lipinski definition) is 5. The molecule has 5 nitrogen and oxygen atoms in total. The van der Waals surface area contributed by atoms with Crippen molar-refractivity contribution in [1.82, 2.24) is 4.98 Å². The van der Waals surface area contributed by atoms with E-state index in [0.29, 0.717) is 21.8 Å². The second-order valence-electron chi connectivity index (χ2n) is 4.46. The number of nitriles is 1. The van der Waals surface area contributed by atoms with Crippen LogP contribution in [0, 0.1) is 25.2 Å². The van der Waals surface area contributed by atoms with Gasteiger partial charge < -0.3 is 5.11 Å². The zero-order valence-electron chi connectivity index (χ0n) is 11.5. The van der Waals surface area contributed by atoms with Gasteiger partial charge in [-0.1, -0.05) is 0 Å². The van der Waals surface area contributed by atoms with Crippen LogP contribution in [0.2, 0.25) is 0 Å². The Labute approximate surface area is 126 Å². The molecule has 6 heteroatoms. The van der Waals surface area contributed by atoms with Crippen LogP contribution < -0.4 is 5.32 Å². The van der Waals surface area contributed by atoms with Crippen molar-refractivity contribution >= 4 is 28.5 Å². The van der Waals surface area contributed by atoms with Crippen molar-refractivity contribution in [2.75, 3.05) is 5.32 Å². The second-order valence-corrected chi connectivity index (χ2v) is 5.36. The summed E-state index contributed by atoms with van der Waals surface area (Å²) >= 11 is 1.28. The van der Waals surface area contributed by atoms with E-state index in [9.17, 15) is 9.90 Å². The average Bonchev–Trinajstić information content (AvgIpc) is 2.94. The first-order valence-corrected chi connectivity index (χ1v) is 7.02. The number of nitrogens with zero attached hydrogens (tertiary/aromatic N) is 2. The standard InChI is InChI=1S/C15H13N3O2S/c1-9-5-11(6-10(2)13(9)19)7-12(8-16)14(20)18-15-17-3-4-21-15/h3-7,19H,1-2H3,(H,17,18,20)/b12-7+. The lowest BCUT2D eigenvalue weighted by atomic mass is 10.0. The summed E-state index contributed by atoms with van der Waals surface area (Å²) in [6.07, 6.45) is 3.06. The van der Waals surface area contributed by atoms with Crippen LogP contribution >= 0.6 is 11.3 Å². The summed E-state index contributed by atoms with van der Waals surface area (Å²) in [7, 11) is 0. The highest BCUT2D eigenvalue weighted by atomic mass is 32.1.